The summed E-state index contributed by atoms with van der Waals surface area (Å²) in [4.78, 5) is 38.1. The van der Waals surface area contributed by atoms with Crippen molar-refractivity contribution in [1.29, 1.82) is 5.26 Å². The molecule has 3 rings (SSSR count). The van der Waals surface area contributed by atoms with Gasteiger partial charge in [0.15, 0.2) is 16.4 Å². The van der Waals surface area contributed by atoms with Crippen LogP contribution in [0, 0.1) is 17.2 Å². The molecule has 29 heavy (non-hydrogen) atoms. The van der Waals surface area contributed by atoms with Crippen molar-refractivity contribution in [3.63, 3.8) is 0 Å². The summed E-state index contributed by atoms with van der Waals surface area (Å²) in [5.41, 5.74) is 0.773. The van der Waals surface area contributed by atoms with Crippen molar-refractivity contribution in [1.82, 2.24) is 9.80 Å². The lowest BCUT2D eigenvalue weighted by Crippen LogP contribution is -2.53. The topological polar surface area (TPSA) is 99.9 Å². The molecular weight excluding hydrogens is 418 g/mol. The van der Waals surface area contributed by atoms with Crippen LogP contribution in [0.5, 0.6) is 11.5 Å². The summed E-state index contributed by atoms with van der Waals surface area (Å²) in [7, 11) is 3.20. The van der Waals surface area contributed by atoms with Gasteiger partial charge in [0.2, 0.25) is 11.9 Å². The lowest BCUT2D eigenvalue weighted by atomic mass is 9.94. The fraction of sp³-hybridized carbons (Fsp3) is 0.474. The van der Waals surface area contributed by atoms with Gasteiger partial charge in [0.25, 0.3) is 5.91 Å². The number of fused-ring (bicyclic) bond motifs is 1. The molecule has 0 aromatic heterocycles. The number of rotatable bonds is 6. The first-order chi connectivity index (χ1) is 13.9. The Balaban J connectivity index is 2.03. The number of hydrogen-bond acceptors (Lipinski definition) is 8. The first-order valence-electron chi connectivity index (χ1n) is 8.87. The van der Waals surface area contributed by atoms with Crippen molar-refractivity contribution in [2.75, 3.05) is 33.3 Å². The number of nitriles is 1. The van der Waals surface area contributed by atoms with Crippen LogP contribution in [0.15, 0.2) is 18.2 Å². The second-order valence-corrected chi connectivity index (χ2v) is 8.45. The molecule has 0 spiro atoms. The molecule has 10 heteroatoms. The fourth-order valence-corrected chi connectivity index (χ4v) is 5.18. The first kappa shape index (κ1) is 21.4. The molecule has 154 valence electrons. The number of nitrogens with zero attached hydrogens (tertiary/aromatic N) is 3. The summed E-state index contributed by atoms with van der Waals surface area (Å²) < 4.78 is 10.8. The van der Waals surface area contributed by atoms with Crippen LogP contribution in [0.25, 0.3) is 0 Å². The molecule has 1 aromatic rings. The van der Waals surface area contributed by atoms with Crippen molar-refractivity contribution < 1.29 is 23.9 Å². The highest BCUT2D eigenvalue weighted by Crippen LogP contribution is 2.52. The van der Waals surface area contributed by atoms with Crippen LogP contribution in [-0.2, 0) is 14.4 Å². The highest BCUT2D eigenvalue weighted by molar-refractivity contribution is 8.15. The molecule has 1 saturated heterocycles. The third-order valence-electron chi connectivity index (χ3n) is 5.19. The number of ether oxygens (including phenoxy) is 2. The predicted octanol–water partition coefficient (Wildman–Crippen LogP) is 1.78. The predicted molar refractivity (Wildman–Crippen MR) is 107 cm³/mol. The van der Waals surface area contributed by atoms with Crippen LogP contribution in [-0.4, -0.2) is 65.3 Å². The highest BCUT2D eigenvalue weighted by atomic mass is 35.5. The third-order valence-corrected chi connectivity index (χ3v) is 6.93. The van der Waals surface area contributed by atoms with E-state index in [1.807, 2.05) is 6.07 Å². The van der Waals surface area contributed by atoms with E-state index in [2.05, 4.69) is 6.07 Å². The number of likely N-dealkylation sites (N-methyl/N-ethyl adjacent to an activating group) is 2. The number of alkyl halides is 1. The summed E-state index contributed by atoms with van der Waals surface area (Å²) in [6.45, 7) is 0.00984. The Bertz CT molecular complexity index is 876. The van der Waals surface area contributed by atoms with Gasteiger partial charge in [-0.2, -0.15) is 5.26 Å². The molecule has 0 radical (unpaired) electrons. The molecule has 1 fully saturated rings. The number of benzene rings is 1. The van der Waals surface area contributed by atoms with Gasteiger partial charge in [-0.3, -0.25) is 14.5 Å². The van der Waals surface area contributed by atoms with Crippen LogP contribution in [0.4, 0.5) is 0 Å². The van der Waals surface area contributed by atoms with E-state index in [1.165, 1.54) is 11.9 Å². The molecule has 0 bridgehead atoms. The number of carbonyl (C=O) groups excluding carboxylic acids is 3. The minimum Gasteiger partial charge on any atom is -0.454 e. The minimum atomic E-state index is -1.34. The Kier molecular flexibility index (Phi) is 6.36. The van der Waals surface area contributed by atoms with Crippen molar-refractivity contribution in [2.45, 2.75) is 17.3 Å². The van der Waals surface area contributed by atoms with E-state index >= 15 is 0 Å². The van der Waals surface area contributed by atoms with E-state index < -0.39 is 22.7 Å². The Hall–Kier alpha value is -2.28. The summed E-state index contributed by atoms with van der Waals surface area (Å²) in [5, 5.41) is 9.44. The van der Waals surface area contributed by atoms with Crippen molar-refractivity contribution in [3.8, 4) is 17.6 Å². The third kappa shape index (κ3) is 3.80. The van der Waals surface area contributed by atoms with Gasteiger partial charge in [0.05, 0.1) is 30.5 Å². The van der Waals surface area contributed by atoms with Gasteiger partial charge >= 0.3 is 0 Å². The molecule has 0 saturated carbocycles. The van der Waals surface area contributed by atoms with Gasteiger partial charge in [-0.15, -0.1) is 11.6 Å². The Morgan fingerprint density at radius 1 is 1.45 bits per heavy atom. The van der Waals surface area contributed by atoms with E-state index in [0.717, 1.165) is 17.3 Å². The van der Waals surface area contributed by atoms with Crippen molar-refractivity contribution in [3.05, 3.63) is 23.8 Å². The fourth-order valence-electron chi connectivity index (χ4n) is 3.82. The second kappa shape index (κ2) is 8.61. The zero-order chi connectivity index (χ0) is 21.2. The molecule has 0 N–H and O–H groups in total. The van der Waals surface area contributed by atoms with Crippen molar-refractivity contribution >= 4 is 40.7 Å². The van der Waals surface area contributed by atoms with Gasteiger partial charge in [-0.05, 0) is 24.7 Å². The summed E-state index contributed by atoms with van der Waals surface area (Å²) in [5.74, 6) is -0.0677. The van der Waals surface area contributed by atoms with Gasteiger partial charge in [-0.1, -0.05) is 17.8 Å². The zero-order valence-electron chi connectivity index (χ0n) is 16.0. The summed E-state index contributed by atoms with van der Waals surface area (Å²) in [6, 6.07) is 7.18. The Morgan fingerprint density at radius 2 is 2.17 bits per heavy atom. The monoisotopic (exact) mass is 437 g/mol. The van der Waals surface area contributed by atoms with Crippen LogP contribution in [0.1, 0.15) is 18.0 Å². The van der Waals surface area contributed by atoms with Crippen LogP contribution in [0.3, 0.4) is 0 Å². The standard InChI is InChI=1S/C19H20ClN3O5S/c1-22(5-6-24)18(26)19(29-16(25)9-20)8-13(10-21)17(23(19)2)12-3-4-14-15(7-12)28-11-27-14/h3-4,6-7,13,17H,5,8-9,11H2,1-2H3/t13?,17-,19-/m0/s1. The number of likely N-dealkylation sites (tertiary alicyclic amines) is 1. The van der Waals surface area contributed by atoms with Gasteiger partial charge in [-0.25, -0.2) is 0 Å². The normalized spacial score (nSPS) is 25.4. The number of halogens is 1. The quantitative estimate of drug-likeness (QED) is 0.490. The maximum atomic E-state index is 13.3. The minimum absolute atomic E-state index is 0.115. The summed E-state index contributed by atoms with van der Waals surface area (Å²) in [6.07, 6.45) is 0.736. The molecule has 2 aliphatic rings. The van der Waals surface area contributed by atoms with Gasteiger partial charge < -0.3 is 19.2 Å². The van der Waals surface area contributed by atoms with E-state index in [0.29, 0.717) is 17.8 Å². The van der Waals surface area contributed by atoms with Crippen LogP contribution >= 0.6 is 23.4 Å². The molecule has 8 nitrogen and oxygen atoms in total. The van der Waals surface area contributed by atoms with Crippen molar-refractivity contribution in [2.24, 2.45) is 5.92 Å². The Morgan fingerprint density at radius 3 is 2.83 bits per heavy atom. The summed E-state index contributed by atoms with van der Waals surface area (Å²) >= 11 is 6.52. The van der Waals surface area contributed by atoms with Gasteiger partial charge in [0.1, 0.15) is 6.29 Å². The van der Waals surface area contributed by atoms with E-state index in [9.17, 15) is 19.6 Å². The molecule has 2 heterocycles. The molecule has 1 unspecified atom stereocenters. The SMILES string of the molecule is CN(CC=O)C(=O)[C@@]1(SC(=O)CCl)CC(C#N)[C@H](c2ccc3c(c2)OCO3)N1C. The average Bonchev–Trinajstić information content (AvgIpc) is 3.29. The lowest BCUT2D eigenvalue weighted by Gasteiger charge is -2.38. The molecule has 0 aliphatic carbocycles. The molecular formula is C19H20ClN3O5S. The highest BCUT2D eigenvalue weighted by Gasteiger charge is 2.57. The van der Waals surface area contributed by atoms with E-state index in [1.54, 1.807) is 24.1 Å². The first-order valence-corrected chi connectivity index (χ1v) is 10.2. The molecule has 3 atom stereocenters. The number of aldehydes is 1. The zero-order valence-corrected chi connectivity index (χ0v) is 17.5. The van der Waals surface area contributed by atoms with Crippen LogP contribution < -0.4 is 9.47 Å². The maximum Gasteiger partial charge on any atom is 0.254 e. The number of carbonyl (C=O) groups is 3. The second-order valence-electron chi connectivity index (χ2n) is 6.85. The van der Waals surface area contributed by atoms with E-state index in [4.69, 9.17) is 21.1 Å². The molecule has 1 aromatic carbocycles. The molecule has 2 aliphatic heterocycles. The maximum absolute atomic E-state index is 13.3. The van der Waals surface area contributed by atoms with Gasteiger partial charge in [0, 0.05) is 13.5 Å². The smallest absolute Gasteiger partial charge is 0.254 e. The van der Waals surface area contributed by atoms with E-state index in [-0.39, 0.29) is 30.8 Å². The number of amides is 1. The number of hydrogen-bond donors (Lipinski definition) is 0. The number of thioether (sulfide) groups is 1. The average molecular weight is 438 g/mol. The lowest BCUT2D eigenvalue weighted by molar-refractivity contribution is -0.138. The largest absolute Gasteiger partial charge is 0.454 e. The Labute approximate surface area is 177 Å². The van der Waals surface area contributed by atoms with Crippen LogP contribution in [0.2, 0.25) is 0 Å². The molecule has 1 amide bonds.